The van der Waals surface area contributed by atoms with Crippen molar-refractivity contribution in [1.29, 1.82) is 0 Å². The number of methoxy groups -OCH3 is 1. The van der Waals surface area contributed by atoms with Crippen LogP contribution in [0.25, 0.3) is 10.9 Å². The van der Waals surface area contributed by atoms with Crippen LogP contribution >= 0.6 is 0 Å². The van der Waals surface area contributed by atoms with Crippen molar-refractivity contribution in [2.75, 3.05) is 39.8 Å². The van der Waals surface area contributed by atoms with Gasteiger partial charge < -0.3 is 4.74 Å². The van der Waals surface area contributed by atoms with Crippen LogP contribution in [0, 0.1) is 0 Å². The van der Waals surface area contributed by atoms with E-state index >= 15 is 0 Å². The van der Waals surface area contributed by atoms with Crippen molar-refractivity contribution < 1.29 is 23.9 Å². The van der Waals surface area contributed by atoms with Crippen LogP contribution < -0.4 is 10.1 Å². The van der Waals surface area contributed by atoms with Gasteiger partial charge in [0.05, 0.1) is 32.3 Å². The van der Waals surface area contributed by atoms with Crippen molar-refractivity contribution in [2.45, 2.75) is 6.42 Å². The molecule has 1 N–H and O–H groups in total. The molecule has 0 unspecified atom stereocenters. The van der Waals surface area contributed by atoms with Gasteiger partial charge in [0.1, 0.15) is 11.4 Å². The molecule has 10 heteroatoms. The minimum absolute atomic E-state index is 0.0390. The number of hydrazine groups is 1. The molecule has 0 bridgehead atoms. The van der Waals surface area contributed by atoms with Crippen molar-refractivity contribution in [3.63, 3.8) is 0 Å². The molecule has 0 aliphatic carbocycles. The predicted molar refractivity (Wildman–Crippen MR) is 105 cm³/mol. The second kappa shape index (κ2) is 8.07. The highest BCUT2D eigenvalue weighted by molar-refractivity contribution is 6.00. The Morgan fingerprint density at radius 3 is 2.53 bits per heavy atom. The number of carbonyl (C=O) groups excluding carboxylic acids is 4. The lowest BCUT2D eigenvalue weighted by atomic mass is 10.1. The maximum Gasteiger partial charge on any atom is 0.291 e. The van der Waals surface area contributed by atoms with Gasteiger partial charge in [-0.1, -0.05) is 12.1 Å². The fraction of sp³-hybridized carbons (Fsp3) is 0.350. The lowest BCUT2D eigenvalue weighted by Gasteiger charge is -2.31. The topological polar surface area (TPSA) is 112 Å². The van der Waals surface area contributed by atoms with E-state index in [0.29, 0.717) is 30.8 Å². The van der Waals surface area contributed by atoms with Gasteiger partial charge in [-0.2, -0.15) is 0 Å². The van der Waals surface area contributed by atoms with E-state index in [-0.39, 0.29) is 31.2 Å². The molecule has 10 nitrogen and oxygen atoms in total. The number of pyridine rings is 1. The zero-order valence-corrected chi connectivity index (χ0v) is 16.5. The number of para-hydroxylation sites is 1. The third kappa shape index (κ3) is 3.81. The van der Waals surface area contributed by atoms with Crippen LogP contribution in [0.4, 0.5) is 0 Å². The highest BCUT2D eigenvalue weighted by atomic mass is 16.5. The molecule has 1 aromatic carbocycles. The Bertz CT molecular complexity index is 1020. The number of piperazine rings is 1. The quantitative estimate of drug-likeness (QED) is 0.693. The second-order valence-electron chi connectivity index (χ2n) is 7.14. The van der Waals surface area contributed by atoms with Crippen molar-refractivity contribution in [2.24, 2.45) is 0 Å². The zero-order chi connectivity index (χ0) is 21.3. The van der Waals surface area contributed by atoms with Crippen molar-refractivity contribution in [3.05, 3.63) is 36.0 Å². The SMILES string of the molecule is COc1cc(C(=O)N2CCCN2C(=O)CN2CC(=O)NC(=O)C2)nc2ccccc12. The molecule has 2 aliphatic heterocycles. The molecule has 4 amide bonds. The van der Waals surface area contributed by atoms with Gasteiger partial charge >= 0.3 is 0 Å². The number of hydrogen-bond acceptors (Lipinski definition) is 7. The fourth-order valence-corrected chi connectivity index (χ4v) is 3.72. The molecule has 0 spiro atoms. The van der Waals surface area contributed by atoms with E-state index in [1.165, 1.54) is 22.0 Å². The van der Waals surface area contributed by atoms with Crippen LogP contribution in [0.2, 0.25) is 0 Å². The van der Waals surface area contributed by atoms with E-state index in [0.717, 1.165) is 5.39 Å². The summed E-state index contributed by atoms with van der Waals surface area (Å²) in [6, 6.07) is 8.90. The molecular weight excluding hydrogens is 390 g/mol. The van der Waals surface area contributed by atoms with E-state index in [2.05, 4.69) is 10.3 Å². The summed E-state index contributed by atoms with van der Waals surface area (Å²) in [5.41, 5.74) is 0.799. The summed E-state index contributed by atoms with van der Waals surface area (Å²) < 4.78 is 5.41. The largest absolute Gasteiger partial charge is 0.496 e. The third-order valence-electron chi connectivity index (χ3n) is 5.04. The van der Waals surface area contributed by atoms with E-state index in [1.54, 1.807) is 12.1 Å². The van der Waals surface area contributed by atoms with Crippen molar-refractivity contribution >= 4 is 34.5 Å². The summed E-state index contributed by atoms with van der Waals surface area (Å²) in [7, 11) is 1.53. The number of fused-ring (bicyclic) bond motifs is 1. The number of nitrogens with one attached hydrogen (secondary N) is 1. The number of amides is 4. The number of aromatic nitrogens is 1. The predicted octanol–water partition coefficient (Wildman–Crippen LogP) is -0.209. The molecule has 2 aliphatic rings. The Kier molecular flexibility index (Phi) is 5.32. The monoisotopic (exact) mass is 411 g/mol. The number of imide groups is 1. The maximum atomic E-state index is 13.2. The first-order valence-corrected chi connectivity index (χ1v) is 9.57. The Hall–Kier alpha value is -3.53. The standard InChI is InChI=1S/C20H21N5O5/c1-30-16-9-15(21-14-6-3-2-5-13(14)16)20(29)25-8-4-7-24(25)19(28)12-23-10-17(26)22-18(27)11-23/h2-3,5-6,9H,4,7-8,10-12H2,1H3,(H,22,26,27). The number of ether oxygens (including phenoxy) is 1. The van der Waals surface area contributed by atoms with E-state index in [4.69, 9.17) is 4.74 Å². The number of nitrogens with zero attached hydrogens (tertiary/aromatic N) is 4. The molecule has 2 aromatic rings. The summed E-state index contributed by atoms with van der Waals surface area (Å²) in [6.07, 6.45) is 0.627. The van der Waals surface area contributed by atoms with Crippen LogP contribution in [-0.4, -0.2) is 83.4 Å². The summed E-state index contributed by atoms with van der Waals surface area (Å²) in [6.45, 7) is 0.548. The Balaban J connectivity index is 1.54. The molecule has 0 saturated carbocycles. The highest BCUT2D eigenvalue weighted by Crippen LogP contribution is 2.26. The molecule has 1 aromatic heterocycles. The van der Waals surface area contributed by atoms with Crippen LogP contribution in [-0.2, 0) is 14.4 Å². The van der Waals surface area contributed by atoms with Gasteiger partial charge in [0.15, 0.2) is 0 Å². The van der Waals surface area contributed by atoms with Crippen LogP contribution in [0.1, 0.15) is 16.9 Å². The van der Waals surface area contributed by atoms with Gasteiger partial charge in [-0.05, 0) is 18.6 Å². The molecule has 2 fully saturated rings. The fourth-order valence-electron chi connectivity index (χ4n) is 3.72. The minimum Gasteiger partial charge on any atom is -0.496 e. The highest BCUT2D eigenvalue weighted by Gasteiger charge is 2.34. The van der Waals surface area contributed by atoms with E-state index < -0.39 is 17.7 Å². The normalized spacial score (nSPS) is 17.4. The molecule has 30 heavy (non-hydrogen) atoms. The molecule has 3 heterocycles. The van der Waals surface area contributed by atoms with Crippen molar-refractivity contribution in [1.82, 2.24) is 25.2 Å². The first-order chi connectivity index (χ1) is 14.5. The minimum atomic E-state index is -0.444. The molecule has 0 radical (unpaired) electrons. The Morgan fingerprint density at radius 1 is 1.10 bits per heavy atom. The van der Waals surface area contributed by atoms with Crippen LogP contribution in [0.3, 0.4) is 0 Å². The Morgan fingerprint density at radius 2 is 1.80 bits per heavy atom. The molecular formula is C20H21N5O5. The third-order valence-corrected chi connectivity index (χ3v) is 5.04. The summed E-state index contributed by atoms with van der Waals surface area (Å²) in [5, 5.41) is 5.72. The molecule has 4 rings (SSSR count). The smallest absolute Gasteiger partial charge is 0.291 e. The first-order valence-electron chi connectivity index (χ1n) is 9.57. The van der Waals surface area contributed by atoms with Crippen LogP contribution in [0.15, 0.2) is 30.3 Å². The maximum absolute atomic E-state index is 13.2. The summed E-state index contributed by atoms with van der Waals surface area (Å²) in [4.78, 5) is 54.9. The summed E-state index contributed by atoms with van der Waals surface area (Å²) in [5.74, 6) is -1.12. The zero-order valence-electron chi connectivity index (χ0n) is 16.5. The molecule has 0 atom stereocenters. The second-order valence-corrected chi connectivity index (χ2v) is 7.14. The first kappa shape index (κ1) is 19.8. The van der Waals surface area contributed by atoms with E-state index in [1.807, 2.05) is 18.2 Å². The lowest BCUT2D eigenvalue weighted by Crippen LogP contribution is -2.55. The lowest BCUT2D eigenvalue weighted by molar-refractivity contribution is -0.144. The number of benzene rings is 1. The average Bonchev–Trinajstić information content (AvgIpc) is 3.21. The van der Waals surface area contributed by atoms with Gasteiger partial charge in [-0.25, -0.2) is 9.99 Å². The average molecular weight is 411 g/mol. The van der Waals surface area contributed by atoms with E-state index in [9.17, 15) is 19.2 Å². The van der Waals surface area contributed by atoms with Gasteiger partial charge in [0.2, 0.25) is 11.8 Å². The van der Waals surface area contributed by atoms with Gasteiger partial charge in [0.25, 0.3) is 11.8 Å². The number of hydrogen-bond donors (Lipinski definition) is 1. The summed E-state index contributed by atoms with van der Waals surface area (Å²) >= 11 is 0. The van der Waals surface area contributed by atoms with Gasteiger partial charge in [0, 0.05) is 24.5 Å². The number of rotatable bonds is 4. The molecule has 2 saturated heterocycles. The van der Waals surface area contributed by atoms with Gasteiger partial charge in [-0.15, -0.1) is 0 Å². The number of carbonyl (C=O) groups is 4. The van der Waals surface area contributed by atoms with Crippen molar-refractivity contribution in [3.8, 4) is 5.75 Å². The Labute approximate surface area is 172 Å². The van der Waals surface area contributed by atoms with Crippen LogP contribution in [0.5, 0.6) is 5.75 Å². The molecule has 156 valence electrons. The van der Waals surface area contributed by atoms with Gasteiger partial charge in [-0.3, -0.25) is 34.4 Å².